The van der Waals surface area contributed by atoms with Gasteiger partial charge in [-0.25, -0.2) is 0 Å². The van der Waals surface area contributed by atoms with Crippen LogP contribution in [-0.2, 0) is 28.6 Å². The average molecular weight is 889 g/mol. The van der Waals surface area contributed by atoms with E-state index in [-0.39, 0.29) is 31.1 Å². The molecule has 0 radical (unpaired) electrons. The zero-order valence-electron chi connectivity index (χ0n) is 41.5. The molecule has 1 atom stereocenters. The first-order chi connectivity index (χ1) is 31.5. The van der Waals surface area contributed by atoms with Crippen molar-refractivity contribution in [2.75, 3.05) is 13.2 Å². The van der Waals surface area contributed by atoms with Gasteiger partial charge in [-0.1, -0.05) is 221 Å². The first-order valence-corrected chi connectivity index (χ1v) is 26.3. The molecule has 64 heavy (non-hydrogen) atoms. The summed E-state index contributed by atoms with van der Waals surface area (Å²) in [5.74, 6) is -0.948. The van der Waals surface area contributed by atoms with E-state index in [1.807, 2.05) is 24.3 Å². The lowest BCUT2D eigenvalue weighted by Crippen LogP contribution is -2.30. The fourth-order valence-corrected chi connectivity index (χ4v) is 6.97. The topological polar surface area (TPSA) is 78.9 Å². The van der Waals surface area contributed by atoms with Gasteiger partial charge in [-0.05, 0) is 89.9 Å². The normalized spacial score (nSPS) is 12.9. The quantitative estimate of drug-likeness (QED) is 0.0199. The lowest BCUT2D eigenvalue weighted by atomic mass is 10.1. The molecule has 0 aliphatic carbocycles. The van der Waals surface area contributed by atoms with Gasteiger partial charge in [0.15, 0.2) is 6.10 Å². The van der Waals surface area contributed by atoms with Gasteiger partial charge in [-0.2, -0.15) is 0 Å². The summed E-state index contributed by atoms with van der Waals surface area (Å²) in [6.45, 7) is 6.39. The van der Waals surface area contributed by atoms with Crippen molar-refractivity contribution in [2.24, 2.45) is 0 Å². The molecule has 0 aromatic heterocycles. The molecule has 0 aromatic carbocycles. The second kappa shape index (κ2) is 52.0. The molecule has 0 aliphatic heterocycles. The minimum Gasteiger partial charge on any atom is -0.462 e. The highest BCUT2D eigenvalue weighted by Gasteiger charge is 2.19. The molecule has 0 aromatic rings. The molecule has 6 nitrogen and oxygen atoms in total. The largest absolute Gasteiger partial charge is 0.462 e. The predicted octanol–water partition coefficient (Wildman–Crippen LogP) is 17.4. The third-order valence-electron chi connectivity index (χ3n) is 10.9. The molecular formula is C58H96O6. The fourth-order valence-electron chi connectivity index (χ4n) is 6.97. The van der Waals surface area contributed by atoms with Crippen LogP contribution < -0.4 is 0 Å². The summed E-state index contributed by atoms with van der Waals surface area (Å²) in [5, 5.41) is 0. The molecular weight excluding hydrogens is 793 g/mol. The predicted molar refractivity (Wildman–Crippen MR) is 274 cm³/mol. The number of carbonyl (C=O) groups excluding carboxylic acids is 3. The van der Waals surface area contributed by atoms with Crippen LogP contribution in [0.15, 0.2) is 97.2 Å². The minimum atomic E-state index is -0.799. The molecule has 6 heteroatoms. The van der Waals surface area contributed by atoms with E-state index in [0.29, 0.717) is 19.3 Å². The van der Waals surface area contributed by atoms with Crippen molar-refractivity contribution in [3.63, 3.8) is 0 Å². The lowest BCUT2D eigenvalue weighted by molar-refractivity contribution is -0.167. The van der Waals surface area contributed by atoms with Gasteiger partial charge in [0.25, 0.3) is 0 Å². The van der Waals surface area contributed by atoms with Crippen molar-refractivity contribution < 1.29 is 28.6 Å². The number of hydrogen-bond acceptors (Lipinski definition) is 6. The number of unbranched alkanes of at least 4 members (excludes halogenated alkanes) is 23. The van der Waals surface area contributed by atoms with Crippen LogP contribution in [0.5, 0.6) is 0 Å². The van der Waals surface area contributed by atoms with Gasteiger partial charge < -0.3 is 14.2 Å². The summed E-state index contributed by atoms with van der Waals surface area (Å²) in [7, 11) is 0. The number of hydrogen-bond donors (Lipinski definition) is 0. The van der Waals surface area contributed by atoms with E-state index in [1.165, 1.54) is 77.0 Å². The van der Waals surface area contributed by atoms with Crippen LogP contribution >= 0.6 is 0 Å². The second-order valence-corrected chi connectivity index (χ2v) is 17.2. The van der Waals surface area contributed by atoms with Gasteiger partial charge in [0, 0.05) is 19.3 Å². The number of rotatable bonds is 46. The van der Waals surface area contributed by atoms with E-state index in [2.05, 4.69) is 93.7 Å². The van der Waals surface area contributed by atoms with Crippen LogP contribution in [0.1, 0.15) is 233 Å². The fraction of sp³-hybridized carbons (Fsp3) is 0.672. The standard InChI is InChI=1S/C58H96O6/c1-4-7-10-13-16-19-22-25-28-29-30-31-34-36-39-42-45-48-51-57(60)63-54-55(64-58(61)52-49-46-43-40-37-33-27-24-21-18-15-12-9-6-3)53-62-56(59)50-47-44-41-38-35-32-26-23-20-17-14-11-8-5-2/h9-10,12-13,16,18-19,21-22,25,28-32,35,55H,4-8,11,14-15,17,20,23-24,26-27,33-34,36-54H2,1-3H3/b12-9-,13-10-,19-16-,21-18-,25-22-,29-28-,31-30-,35-32-. The number of esters is 3. The maximum atomic E-state index is 12.8. The first kappa shape index (κ1) is 60.3. The Labute approximate surface area is 394 Å². The molecule has 0 rings (SSSR count). The molecule has 0 saturated heterocycles. The van der Waals surface area contributed by atoms with Crippen molar-refractivity contribution >= 4 is 17.9 Å². The van der Waals surface area contributed by atoms with Crippen LogP contribution in [0.3, 0.4) is 0 Å². The molecule has 0 spiro atoms. The van der Waals surface area contributed by atoms with Crippen LogP contribution in [0, 0.1) is 0 Å². The highest BCUT2D eigenvalue weighted by Crippen LogP contribution is 2.14. The van der Waals surface area contributed by atoms with Crippen molar-refractivity contribution in [1.29, 1.82) is 0 Å². The van der Waals surface area contributed by atoms with E-state index in [4.69, 9.17) is 14.2 Å². The van der Waals surface area contributed by atoms with E-state index in [0.717, 1.165) is 116 Å². The zero-order chi connectivity index (χ0) is 46.5. The van der Waals surface area contributed by atoms with E-state index >= 15 is 0 Å². The van der Waals surface area contributed by atoms with Crippen LogP contribution in [-0.4, -0.2) is 37.2 Å². The van der Waals surface area contributed by atoms with E-state index in [1.54, 1.807) is 0 Å². The number of carbonyl (C=O) groups is 3. The van der Waals surface area contributed by atoms with Crippen molar-refractivity contribution in [3.8, 4) is 0 Å². The monoisotopic (exact) mass is 889 g/mol. The van der Waals surface area contributed by atoms with Crippen LogP contribution in [0.4, 0.5) is 0 Å². The summed E-state index contributed by atoms with van der Waals surface area (Å²) >= 11 is 0. The van der Waals surface area contributed by atoms with Gasteiger partial charge in [0.2, 0.25) is 0 Å². The summed E-state index contributed by atoms with van der Waals surface area (Å²) < 4.78 is 16.8. The Kier molecular flexibility index (Phi) is 49.0. The summed E-state index contributed by atoms with van der Waals surface area (Å²) in [6, 6.07) is 0. The van der Waals surface area contributed by atoms with Crippen molar-refractivity contribution in [2.45, 2.75) is 239 Å². The lowest BCUT2D eigenvalue weighted by Gasteiger charge is -2.18. The number of ether oxygens (including phenoxy) is 3. The third kappa shape index (κ3) is 49.3. The Morgan fingerprint density at radius 2 is 0.703 bits per heavy atom. The van der Waals surface area contributed by atoms with Crippen LogP contribution in [0.2, 0.25) is 0 Å². The highest BCUT2D eigenvalue weighted by atomic mass is 16.6. The Balaban J connectivity index is 4.48. The summed E-state index contributed by atoms with van der Waals surface area (Å²) in [5.41, 5.74) is 0. The molecule has 1 unspecified atom stereocenters. The maximum Gasteiger partial charge on any atom is 0.306 e. The Bertz CT molecular complexity index is 1300. The first-order valence-electron chi connectivity index (χ1n) is 26.3. The Hall–Kier alpha value is -3.67. The van der Waals surface area contributed by atoms with Gasteiger partial charge in [0.05, 0.1) is 0 Å². The van der Waals surface area contributed by atoms with Gasteiger partial charge in [0.1, 0.15) is 13.2 Å². The highest BCUT2D eigenvalue weighted by molar-refractivity contribution is 5.71. The number of allylic oxidation sites excluding steroid dienone is 16. The molecule has 0 amide bonds. The van der Waals surface area contributed by atoms with Crippen molar-refractivity contribution in [1.82, 2.24) is 0 Å². The van der Waals surface area contributed by atoms with Crippen LogP contribution in [0.25, 0.3) is 0 Å². The second-order valence-electron chi connectivity index (χ2n) is 17.2. The molecule has 0 aliphatic rings. The van der Waals surface area contributed by atoms with E-state index < -0.39 is 6.10 Å². The molecule has 0 bridgehead atoms. The molecule has 0 heterocycles. The zero-order valence-corrected chi connectivity index (χ0v) is 41.5. The SMILES string of the molecule is CC/C=C\C/C=C\CCCCCCCCCC(=O)OC(COC(=O)CCCCC/C=C\CCCCCCCCC)COC(=O)CCCCCCC\C=C/C=C\C=C/C=C\C=C/CCC. The molecule has 0 saturated carbocycles. The van der Waals surface area contributed by atoms with Crippen molar-refractivity contribution in [3.05, 3.63) is 97.2 Å². The molecule has 0 fully saturated rings. The molecule has 0 N–H and O–H groups in total. The average Bonchev–Trinajstić information content (AvgIpc) is 3.29. The molecule has 364 valence electrons. The smallest absolute Gasteiger partial charge is 0.306 e. The van der Waals surface area contributed by atoms with Gasteiger partial charge in [-0.3, -0.25) is 14.4 Å². The van der Waals surface area contributed by atoms with Gasteiger partial charge >= 0.3 is 17.9 Å². The van der Waals surface area contributed by atoms with E-state index in [9.17, 15) is 14.4 Å². The minimum absolute atomic E-state index is 0.0981. The Morgan fingerprint density at radius 1 is 0.344 bits per heavy atom. The van der Waals surface area contributed by atoms with Gasteiger partial charge in [-0.15, -0.1) is 0 Å². The summed E-state index contributed by atoms with van der Waals surface area (Å²) in [6.07, 6.45) is 68.1. The third-order valence-corrected chi connectivity index (χ3v) is 10.9. The maximum absolute atomic E-state index is 12.8. The summed E-state index contributed by atoms with van der Waals surface area (Å²) in [4.78, 5) is 38.0. The Morgan fingerprint density at radius 3 is 1.17 bits per heavy atom.